The van der Waals surface area contributed by atoms with Crippen LogP contribution >= 0.6 is 0 Å². The van der Waals surface area contributed by atoms with Gasteiger partial charge in [0.15, 0.2) is 0 Å². The normalized spacial score (nSPS) is 10.4. The van der Waals surface area contributed by atoms with E-state index in [1.54, 1.807) is 37.6 Å². The van der Waals surface area contributed by atoms with Gasteiger partial charge < -0.3 is 15.4 Å². The van der Waals surface area contributed by atoms with Crippen LogP contribution in [0, 0.1) is 5.82 Å². The van der Waals surface area contributed by atoms with E-state index in [-0.39, 0.29) is 11.7 Å². The van der Waals surface area contributed by atoms with Crippen molar-refractivity contribution in [2.24, 2.45) is 0 Å². The van der Waals surface area contributed by atoms with Gasteiger partial charge in [0.25, 0.3) is 5.91 Å². The Hall–Kier alpha value is -3.41. The maximum absolute atomic E-state index is 12.9. The van der Waals surface area contributed by atoms with Crippen LogP contribution in [0.2, 0.25) is 0 Å². The molecule has 0 radical (unpaired) electrons. The van der Waals surface area contributed by atoms with E-state index >= 15 is 0 Å². The number of benzene rings is 2. The SMILES string of the molecule is COc1ccccc1CCNc1cc(C(=O)NCCc2ccc(F)cc2)ccn1. The molecule has 3 aromatic rings. The Kier molecular flexibility index (Phi) is 7.16. The Morgan fingerprint density at radius 1 is 1.03 bits per heavy atom. The summed E-state index contributed by atoms with van der Waals surface area (Å²) in [5, 5.41) is 6.13. The van der Waals surface area contributed by atoms with Gasteiger partial charge in [0, 0.05) is 24.8 Å². The fourth-order valence-electron chi connectivity index (χ4n) is 2.98. The summed E-state index contributed by atoms with van der Waals surface area (Å²) in [7, 11) is 1.66. The van der Waals surface area contributed by atoms with Crippen LogP contribution in [0.25, 0.3) is 0 Å². The van der Waals surface area contributed by atoms with Gasteiger partial charge in [-0.25, -0.2) is 9.37 Å². The third-order valence-corrected chi connectivity index (χ3v) is 4.53. The molecule has 0 spiro atoms. The highest BCUT2D eigenvalue weighted by molar-refractivity contribution is 5.94. The average molecular weight is 393 g/mol. The highest BCUT2D eigenvalue weighted by atomic mass is 19.1. The molecular formula is C23H24FN3O2. The first-order valence-electron chi connectivity index (χ1n) is 9.50. The van der Waals surface area contributed by atoms with E-state index in [4.69, 9.17) is 4.74 Å². The number of carbonyl (C=O) groups is 1. The third-order valence-electron chi connectivity index (χ3n) is 4.53. The van der Waals surface area contributed by atoms with Crippen molar-refractivity contribution in [1.82, 2.24) is 10.3 Å². The second kappa shape index (κ2) is 10.2. The molecule has 6 heteroatoms. The Morgan fingerprint density at radius 3 is 2.62 bits per heavy atom. The van der Waals surface area contributed by atoms with Crippen LogP contribution < -0.4 is 15.4 Å². The van der Waals surface area contributed by atoms with E-state index in [0.29, 0.717) is 30.9 Å². The molecular weight excluding hydrogens is 369 g/mol. The van der Waals surface area contributed by atoms with E-state index in [1.807, 2.05) is 24.3 Å². The van der Waals surface area contributed by atoms with Crippen LogP contribution in [0.15, 0.2) is 66.9 Å². The molecule has 0 aliphatic heterocycles. The number of para-hydroxylation sites is 1. The van der Waals surface area contributed by atoms with E-state index in [1.165, 1.54) is 12.1 Å². The van der Waals surface area contributed by atoms with Gasteiger partial charge in [0.05, 0.1) is 7.11 Å². The Bertz CT molecular complexity index is 945. The number of ether oxygens (including phenoxy) is 1. The zero-order chi connectivity index (χ0) is 20.5. The van der Waals surface area contributed by atoms with Gasteiger partial charge in [-0.15, -0.1) is 0 Å². The number of halogens is 1. The molecule has 2 aromatic carbocycles. The number of hydrogen-bond acceptors (Lipinski definition) is 4. The lowest BCUT2D eigenvalue weighted by Gasteiger charge is -2.10. The third kappa shape index (κ3) is 6.04. The van der Waals surface area contributed by atoms with Gasteiger partial charge in [0.2, 0.25) is 0 Å². The average Bonchev–Trinajstić information content (AvgIpc) is 2.75. The molecule has 29 heavy (non-hydrogen) atoms. The molecule has 0 fully saturated rings. The maximum atomic E-state index is 12.9. The minimum absolute atomic E-state index is 0.165. The number of pyridine rings is 1. The zero-order valence-electron chi connectivity index (χ0n) is 16.3. The molecule has 0 bridgehead atoms. The van der Waals surface area contributed by atoms with Crippen LogP contribution in [0.3, 0.4) is 0 Å². The second-order valence-electron chi connectivity index (χ2n) is 6.55. The number of amides is 1. The first kappa shape index (κ1) is 20.3. The number of nitrogens with one attached hydrogen (secondary N) is 2. The van der Waals surface area contributed by atoms with Gasteiger partial charge in [-0.1, -0.05) is 30.3 Å². The maximum Gasteiger partial charge on any atom is 0.251 e. The molecule has 0 saturated heterocycles. The van der Waals surface area contributed by atoms with E-state index < -0.39 is 0 Å². The quantitative estimate of drug-likeness (QED) is 0.580. The number of hydrogen-bond donors (Lipinski definition) is 2. The summed E-state index contributed by atoms with van der Waals surface area (Å²) >= 11 is 0. The smallest absolute Gasteiger partial charge is 0.251 e. The Morgan fingerprint density at radius 2 is 1.83 bits per heavy atom. The first-order chi connectivity index (χ1) is 14.2. The van der Waals surface area contributed by atoms with Crippen LogP contribution in [0.1, 0.15) is 21.5 Å². The predicted molar refractivity (Wildman–Crippen MR) is 112 cm³/mol. The molecule has 1 amide bonds. The minimum Gasteiger partial charge on any atom is -0.496 e. The van der Waals surface area contributed by atoms with Crippen LogP contribution in [-0.4, -0.2) is 31.1 Å². The molecule has 0 aliphatic rings. The lowest BCUT2D eigenvalue weighted by Crippen LogP contribution is -2.25. The van der Waals surface area contributed by atoms with Crippen LogP contribution in [0.4, 0.5) is 10.2 Å². The van der Waals surface area contributed by atoms with Gasteiger partial charge in [0.1, 0.15) is 17.4 Å². The van der Waals surface area contributed by atoms with Crippen molar-refractivity contribution in [1.29, 1.82) is 0 Å². The fraction of sp³-hybridized carbons (Fsp3) is 0.217. The fourth-order valence-corrected chi connectivity index (χ4v) is 2.98. The zero-order valence-corrected chi connectivity index (χ0v) is 16.3. The molecule has 0 atom stereocenters. The van der Waals surface area contributed by atoms with Crippen molar-refractivity contribution in [3.05, 3.63) is 89.4 Å². The minimum atomic E-state index is -0.264. The number of carbonyl (C=O) groups excluding carboxylic acids is 1. The summed E-state index contributed by atoms with van der Waals surface area (Å²) < 4.78 is 18.3. The molecule has 0 aliphatic carbocycles. The number of rotatable bonds is 9. The van der Waals surface area contributed by atoms with Crippen molar-refractivity contribution in [2.45, 2.75) is 12.8 Å². The molecule has 150 valence electrons. The highest BCUT2D eigenvalue weighted by Crippen LogP contribution is 2.18. The first-order valence-corrected chi connectivity index (χ1v) is 9.50. The summed E-state index contributed by atoms with van der Waals surface area (Å²) in [6, 6.07) is 17.6. The largest absolute Gasteiger partial charge is 0.496 e. The van der Waals surface area contributed by atoms with Gasteiger partial charge in [-0.2, -0.15) is 0 Å². The van der Waals surface area contributed by atoms with E-state index in [0.717, 1.165) is 23.3 Å². The molecule has 0 saturated carbocycles. The monoisotopic (exact) mass is 393 g/mol. The Balaban J connectivity index is 1.49. The summed E-state index contributed by atoms with van der Waals surface area (Å²) in [6.07, 6.45) is 3.03. The second-order valence-corrected chi connectivity index (χ2v) is 6.55. The van der Waals surface area contributed by atoms with Crippen molar-refractivity contribution >= 4 is 11.7 Å². The topological polar surface area (TPSA) is 63.2 Å². The summed E-state index contributed by atoms with van der Waals surface area (Å²) in [5.41, 5.74) is 2.62. The standard InChI is InChI=1S/C23H24FN3O2/c1-29-21-5-3-2-4-18(21)11-14-25-22-16-19(12-15-26-22)23(28)27-13-10-17-6-8-20(24)9-7-17/h2-9,12,15-16H,10-11,13-14H2,1H3,(H,25,26)(H,27,28). The Labute approximate surface area is 169 Å². The highest BCUT2D eigenvalue weighted by Gasteiger charge is 2.07. The summed E-state index contributed by atoms with van der Waals surface area (Å²) in [5.74, 6) is 1.07. The molecule has 2 N–H and O–H groups in total. The number of aromatic nitrogens is 1. The summed E-state index contributed by atoms with van der Waals surface area (Å²) in [4.78, 5) is 16.7. The van der Waals surface area contributed by atoms with Crippen molar-refractivity contribution < 1.29 is 13.9 Å². The van der Waals surface area contributed by atoms with E-state index in [2.05, 4.69) is 15.6 Å². The molecule has 1 aromatic heterocycles. The molecule has 5 nitrogen and oxygen atoms in total. The van der Waals surface area contributed by atoms with Crippen molar-refractivity contribution in [3.63, 3.8) is 0 Å². The van der Waals surface area contributed by atoms with Crippen LogP contribution in [0.5, 0.6) is 5.75 Å². The van der Waals surface area contributed by atoms with Crippen molar-refractivity contribution in [2.75, 3.05) is 25.5 Å². The van der Waals surface area contributed by atoms with E-state index in [9.17, 15) is 9.18 Å². The number of anilines is 1. The molecule has 1 heterocycles. The van der Waals surface area contributed by atoms with Gasteiger partial charge in [-0.3, -0.25) is 4.79 Å². The molecule has 3 rings (SSSR count). The van der Waals surface area contributed by atoms with Crippen molar-refractivity contribution in [3.8, 4) is 5.75 Å². The number of methoxy groups -OCH3 is 1. The molecule has 0 unspecified atom stereocenters. The number of nitrogens with zero attached hydrogens (tertiary/aromatic N) is 1. The lowest BCUT2D eigenvalue weighted by atomic mass is 10.1. The van der Waals surface area contributed by atoms with Crippen LogP contribution in [-0.2, 0) is 12.8 Å². The van der Waals surface area contributed by atoms with Gasteiger partial charge in [-0.05, 0) is 54.3 Å². The predicted octanol–water partition coefficient (Wildman–Crippen LogP) is 3.86. The van der Waals surface area contributed by atoms with Gasteiger partial charge >= 0.3 is 0 Å². The summed E-state index contributed by atoms with van der Waals surface area (Å²) in [6.45, 7) is 1.15. The lowest BCUT2D eigenvalue weighted by molar-refractivity contribution is 0.0954.